The summed E-state index contributed by atoms with van der Waals surface area (Å²) in [5, 5.41) is 9.87. The van der Waals surface area contributed by atoms with Crippen molar-refractivity contribution >= 4 is 0 Å². The molecule has 0 saturated carbocycles. The molecule has 0 bridgehead atoms. The lowest BCUT2D eigenvalue weighted by atomic mass is 10.0. The van der Waals surface area contributed by atoms with Gasteiger partial charge in [0.1, 0.15) is 0 Å². The van der Waals surface area contributed by atoms with Gasteiger partial charge in [-0.15, -0.1) is 0 Å². The smallest absolute Gasteiger partial charge is 0.0580 e. The van der Waals surface area contributed by atoms with Crippen LogP contribution in [-0.2, 0) is 6.42 Å². The molecule has 90 valence electrons. The number of unbranched alkanes of at least 4 members (excludes halogenated alkanes) is 3. The van der Waals surface area contributed by atoms with E-state index in [-0.39, 0.29) is 6.10 Å². The molecule has 0 unspecified atom stereocenters. The SMILES string of the molecule is CCCCCC[C@@H](O)Cc1ccc(C)cc1. The Morgan fingerprint density at radius 2 is 1.75 bits per heavy atom. The molecule has 1 aromatic rings. The summed E-state index contributed by atoms with van der Waals surface area (Å²) in [5.74, 6) is 0. The molecule has 0 aliphatic heterocycles. The van der Waals surface area contributed by atoms with Gasteiger partial charge in [-0.1, -0.05) is 62.4 Å². The second kappa shape index (κ2) is 7.45. The van der Waals surface area contributed by atoms with Gasteiger partial charge in [0.15, 0.2) is 0 Å². The Kier molecular flexibility index (Phi) is 6.17. The van der Waals surface area contributed by atoms with Crippen LogP contribution < -0.4 is 0 Å². The molecule has 1 atom stereocenters. The summed E-state index contributed by atoms with van der Waals surface area (Å²) in [7, 11) is 0. The Balaban J connectivity index is 2.23. The van der Waals surface area contributed by atoms with Crippen LogP contribution in [0.1, 0.15) is 50.2 Å². The lowest BCUT2D eigenvalue weighted by Gasteiger charge is -2.10. The fourth-order valence-electron chi connectivity index (χ4n) is 1.91. The Labute approximate surface area is 99.5 Å². The molecule has 1 rings (SSSR count). The third-order valence-corrected chi connectivity index (χ3v) is 2.98. The van der Waals surface area contributed by atoms with E-state index < -0.39 is 0 Å². The van der Waals surface area contributed by atoms with Crippen molar-refractivity contribution in [3.8, 4) is 0 Å². The van der Waals surface area contributed by atoms with Crippen molar-refractivity contribution in [2.45, 2.75) is 58.5 Å². The van der Waals surface area contributed by atoms with Gasteiger partial charge in [-0.2, -0.15) is 0 Å². The highest BCUT2D eigenvalue weighted by atomic mass is 16.3. The number of rotatable bonds is 7. The fourth-order valence-corrected chi connectivity index (χ4v) is 1.91. The minimum Gasteiger partial charge on any atom is -0.393 e. The molecule has 16 heavy (non-hydrogen) atoms. The van der Waals surface area contributed by atoms with Crippen LogP contribution in [0.3, 0.4) is 0 Å². The van der Waals surface area contributed by atoms with E-state index in [4.69, 9.17) is 0 Å². The summed E-state index contributed by atoms with van der Waals surface area (Å²) in [4.78, 5) is 0. The summed E-state index contributed by atoms with van der Waals surface area (Å²) in [6.07, 6.45) is 6.52. The van der Waals surface area contributed by atoms with Crippen molar-refractivity contribution in [1.82, 2.24) is 0 Å². The molecule has 1 nitrogen and oxygen atoms in total. The molecular weight excluding hydrogens is 196 g/mol. The molecule has 0 heterocycles. The predicted molar refractivity (Wildman–Crippen MR) is 69.6 cm³/mol. The molecule has 0 fully saturated rings. The van der Waals surface area contributed by atoms with Gasteiger partial charge >= 0.3 is 0 Å². The first-order valence-corrected chi connectivity index (χ1v) is 6.46. The molecule has 0 spiro atoms. The highest BCUT2D eigenvalue weighted by Crippen LogP contribution is 2.11. The van der Waals surface area contributed by atoms with E-state index in [2.05, 4.69) is 38.1 Å². The fraction of sp³-hybridized carbons (Fsp3) is 0.600. The monoisotopic (exact) mass is 220 g/mol. The van der Waals surface area contributed by atoms with E-state index in [1.165, 1.54) is 30.4 Å². The average Bonchev–Trinajstić information content (AvgIpc) is 2.28. The summed E-state index contributed by atoms with van der Waals surface area (Å²) >= 11 is 0. The Hall–Kier alpha value is -0.820. The maximum absolute atomic E-state index is 9.87. The summed E-state index contributed by atoms with van der Waals surface area (Å²) < 4.78 is 0. The minimum absolute atomic E-state index is 0.167. The van der Waals surface area contributed by atoms with Gasteiger partial charge in [0.05, 0.1) is 6.10 Å². The number of hydrogen-bond donors (Lipinski definition) is 1. The van der Waals surface area contributed by atoms with Gasteiger partial charge in [0, 0.05) is 0 Å². The summed E-state index contributed by atoms with van der Waals surface area (Å²) in [6, 6.07) is 8.45. The normalized spacial score (nSPS) is 12.7. The van der Waals surface area contributed by atoms with E-state index in [9.17, 15) is 5.11 Å². The number of aryl methyl sites for hydroxylation is 1. The van der Waals surface area contributed by atoms with Crippen LogP contribution in [0.4, 0.5) is 0 Å². The molecule has 0 aromatic heterocycles. The van der Waals surface area contributed by atoms with Gasteiger partial charge in [0.2, 0.25) is 0 Å². The van der Waals surface area contributed by atoms with Crippen LogP contribution in [0.5, 0.6) is 0 Å². The second-order valence-corrected chi connectivity index (χ2v) is 4.69. The Morgan fingerprint density at radius 3 is 2.38 bits per heavy atom. The number of benzene rings is 1. The topological polar surface area (TPSA) is 20.2 Å². The van der Waals surface area contributed by atoms with E-state index in [1.807, 2.05) is 0 Å². The van der Waals surface area contributed by atoms with Crippen molar-refractivity contribution in [2.75, 3.05) is 0 Å². The lowest BCUT2D eigenvalue weighted by molar-refractivity contribution is 0.161. The van der Waals surface area contributed by atoms with Crippen LogP contribution in [0.25, 0.3) is 0 Å². The average molecular weight is 220 g/mol. The summed E-state index contributed by atoms with van der Waals surface area (Å²) in [5.41, 5.74) is 2.52. The quantitative estimate of drug-likeness (QED) is 0.692. The number of aliphatic hydroxyl groups is 1. The third-order valence-electron chi connectivity index (χ3n) is 2.98. The van der Waals surface area contributed by atoms with Gasteiger partial charge in [-0.3, -0.25) is 0 Å². The van der Waals surface area contributed by atoms with Gasteiger partial charge in [-0.05, 0) is 25.3 Å². The Bertz CT molecular complexity index is 276. The van der Waals surface area contributed by atoms with Crippen LogP contribution in [0, 0.1) is 6.92 Å². The third kappa shape index (κ3) is 5.32. The highest BCUT2D eigenvalue weighted by Gasteiger charge is 2.04. The summed E-state index contributed by atoms with van der Waals surface area (Å²) in [6.45, 7) is 4.30. The van der Waals surface area contributed by atoms with E-state index >= 15 is 0 Å². The zero-order chi connectivity index (χ0) is 11.8. The molecule has 0 aliphatic carbocycles. The van der Waals surface area contributed by atoms with Crippen molar-refractivity contribution in [1.29, 1.82) is 0 Å². The molecule has 0 amide bonds. The largest absolute Gasteiger partial charge is 0.393 e. The molecule has 1 aromatic carbocycles. The molecule has 0 radical (unpaired) electrons. The number of aliphatic hydroxyl groups excluding tert-OH is 1. The van der Waals surface area contributed by atoms with Gasteiger partial charge < -0.3 is 5.11 Å². The van der Waals surface area contributed by atoms with Gasteiger partial charge in [0.25, 0.3) is 0 Å². The molecule has 1 heteroatoms. The predicted octanol–water partition coefficient (Wildman–Crippen LogP) is 3.87. The molecule has 1 N–H and O–H groups in total. The standard InChI is InChI=1S/C15H24O/c1-3-4-5-6-7-15(16)12-14-10-8-13(2)9-11-14/h8-11,15-16H,3-7,12H2,1-2H3/t15-/m1/s1. The first kappa shape index (κ1) is 13.2. The van der Waals surface area contributed by atoms with Crippen LogP contribution in [-0.4, -0.2) is 11.2 Å². The molecule has 0 aliphatic rings. The van der Waals surface area contributed by atoms with Crippen molar-refractivity contribution < 1.29 is 5.11 Å². The van der Waals surface area contributed by atoms with Crippen molar-refractivity contribution in [3.05, 3.63) is 35.4 Å². The van der Waals surface area contributed by atoms with Crippen LogP contribution in [0.2, 0.25) is 0 Å². The van der Waals surface area contributed by atoms with Crippen molar-refractivity contribution in [2.24, 2.45) is 0 Å². The highest BCUT2D eigenvalue weighted by molar-refractivity contribution is 5.21. The first-order valence-electron chi connectivity index (χ1n) is 6.46. The zero-order valence-corrected chi connectivity index (χ0v) is 10.6. The molecule has 0 saturated heterocycles. The van der Waals surface area contributed by atoms with E-state index in [0.29, 0.717) is 0 Å². The van der Waals surface area contributed by atoms with Crippen LogP contribution in [0.15, 0.2) is 24.3 Å². The number of hydrogen-bond acceptors (Lipinski definition) is 1. The molecular formula is C15H24O. The van der Waals surface area contributed by atoms with Crippen molar-refractivity contribution in [3.63, 3.8) is 0 Å². The Morgan fingerprint density at radius 1 is 1.06 bits per heavy atom. The maximum Gasteiger partial charge on any atom is 0.0580 e. The minimum atomic E-state index is -0.167. The van der Waals surface area contributed by atoms with E-state index in [1.54, 1.807) is 0 Å². The zero-order valence-electron chi connectivity index (χ0n) is 10.6. The maximum atomic E-state index is 9.87. The van der Waals surface area contributed by atoms with E-state index in [0.717, 1.165) is 19.3 Å². The first-order chi connectivity index (χ1) is 7.72. The van der Waals surface area contributed by atoms with Gasteiger partial charge in [-0.25, -0.2) is 0 Å². The van der Waals surface area contributed by atoms with Crippen LogP contribution >= 0.6 is 0 Å². The second-order valence-electron chi connectivity index (χ2n) is 4.69. The lowest BCUT2D eigenvalue weighted by Crippen LogP contribution is -2.10.